The fourth-order valence-corrected chi connectivity index (χ4v) is 3.89. The number of ether oxygens (including phenoxy) is 2. The molecular formula is C24H24N4O4. The number of aromatic nitrogens is 2. The normalized spacial score (nSPS) is 14.7. The first-order chi connectivity index (χ1) is 15.5. The summed E-state index contributed by atoms with van der Waals surface area (Å²) in [4.78, 5) is 16.4. The highest BCUT2D eigenvalue weighted by molar-refractivity contribution is 5.70. The number of alkyl carbamates (subject to hydrolysis) is 1. The van der Waals surface area contributed by atoms with Gasteiger partial charge in [-0.05, 0) is 62.9 Å². The number of nitrogens with one attached hydrogen (secondary N) is 1. The predicted molar refractivity (Wildman–Crippen MR) is 117 cm³/mol. The number of rotatable bonds is 6. The third-order valence-corrected chi connectivity index (χ3v) is 5.21. The number of carbonyl (C=O) groups is 1. The number of fused-ring (bicyclic) bond motifs is 1. The zero-order chi connectivity index (χ0) is 22.7. The first kappa shape index (κ1) is 21.4. The zero-order valence-corrected chi connectivity index (χ0v) is 18.2. The molecule has 1 amide bonds. The van der Waals surface area contributed by atoms with Crippen LogP contribution in [-0.2, 0) is 11.2 Å². The van der Waals surface area contributed by atoms with E-state index < -0.39 is 6.09 Å². The van der Waals surface area contributed by atoms with Crippen molar-refractivity contribution in [3.63, 3.8) is 0 Å². The van der Waals surface area contributed by atoms with Crippen LogP contribution in [0.1, 0.15) is 49.9 Å². The highest BCUT2D eigenvalue weighted by Gasteiger charge is 2.28. The SMILES string of the molecule is CCOC(=O)N[C@H]1CCc2c(-c3noc(-c4ccc(OC(C)C)c(C#N)c4)n3)cccc21. The van der Waals surface area contributed by atoms with Gasteiger partial charge in [0.15, 0.2) is 0 Å². The Morgan fingerprint density at radius 3 is 2.94 bits per heavy atom. The minimum Gasteiger partial charge on any atom is -0.490 e. The van der Waals surface area contributed by atoms with E-state index in [0.717, 1.165) is 29.5 Å². The van der Waals surface area contributed by atoms with Gasteiger partial charge in [-0.15, -0.1) is 0 Å². The first-order valence-corrected chi connectivity index (χ1v) is 10.6. The minimum absolute atomic E-state index is 0.0368. The second-order valence-electron chi connectivity index (χ2n) is 7.74. The van der Waals surface area contributed by atoms with Crippen LogP contribution in [0.15, 0.2) is 40.9 Å². The molecule has 3 aromatic rings. The number of carbonyl (C=O) groups excluding carboxylic acids is 1. The molecular weight excluding hydrogens is 408 g/mol. The fourth-order valence-electron chi connectivity index (χ4n) is 3.89. The molecule has 1 atom stereocenters. The molecule has 8 heteroatoms. The molecule has 0 radical (unpaired) electrons. The third-order valence-electron chi connectivity index (χ3n) is 5.21. The van der Waals surface area contributed by atoms with E-state index in [1.54, 1.807) is 25.1 Å². The summed E-state index contributed by atoms with van der Waals surface area (Å²) in [6.07, 6.45) is 1.10. The van der Waals surface area contributed by atoms with Crippen LogP contribution >= 0.6 is 0 Å². The van der Waals surface area contributed by atoms with Crippen LogP contribution in [0, 0.1) is 11.3 Å². The van der Waals surface area contributed by atoms with E-state index in [2.05, 4.69) is 21.5 Å². The van der Waals surface area contributed by atoms with Crippen LogP contribution < -0.4 is 10.1 Å². The predicted octanol–water partition coefficient (Wildman–Crippen LogP) is 4.80. The Labute approximate surface area is 186 Å². The Hall–Kier alpha value is -3.86. The summed E-state index contributed by atoms with van der Waals surface area (Å²) in [6, 6.07) is 13.1. The maximum Gasteiger partial charge on any atom is 0.407 e. The van der Waals surface area contributed by atoms with E-state index in [9.17, 15) is 10.1 Å². The van der Waals surface area contributed by atoms with Crippen molar-refractivity contribution in [1.82, 2.24) is 15.5 Å². The van der Waals surface area contributed by atoms with Crippen LogP contribution in [0.3, 0.4) is 0 Å². The molecule has 0 saturated carbocycles. The lowest BCUT2D eigenvalue weighted by Crippen LogP contribution is -2.27. The maximum atomic E-state index is 11.9. The van der Waals surface area contributed by atoms with Crippen molar-refractivity contribution in [2.24, 2.45) is 0 Å². The summed E-state index contributed by atoms with van der Waals surface area (Å²) in [6.45, 7) is 5.92. The van der Waals surface area contributed by atoms with Gasteiger partial charge in [0.25, 0.3) is 5.89 Å². The number of benzene rings is 2. The van der Waals surface area contributed by atoms with Crippen LogP contribution in [0.25, 0.3) is 22.8 Å². The summed E-state index contributed by atoms with van der Waals surface area (Å²) < 4.78 is 16.2. The van der Waals surface area contributed by atoms with Gasteiger partial charge in [0.2, 0.25) is 5.82 Å². The Balaban J connectivity index is 1.61. The largest absolute Gasteiger partial charge is 0.490 e. The lowest BCUT2D eigenvalue weighted by molar-refractivity contribution is 0.148. The van der Waals surface area contributed by atoms with Gasteiger partial charge in [0.1, 0.15) is 11.8 Å². The van der Waals surface area contributed by atoms with Gasteiger partial charge < -0.3 is 19.3 Å². The van der Waals surface area contributed by atoms with Gasteiger partial charge in [0, 0.05) is 11.1 Å². The van der Waals surface area contributed by atoms with Crippen LogP contribution in [-0.4, -0.2) is 28.9 Å². The Bertz CT molecular complexity index is 1180. The van der Waals surface area contributed by atoms with Gasteiger partial charge >= 0.3 is 6.09 Å². The summed E-state index contributed by atoms with van der Waals surface area (Å²) in [5.41, 5.74) is 4.03. The van der Waals surface area contributed by atoms with E-state index in [-0.39, 0.29) is 12.1 Å². The quantitative estimate of drug-likeness (QED) is 0.596. The second-order valence-corrected chi connectivity index (χ2v) is 7.74. The van der Waals surface area contributed by atoms with Gasteiger partial charge in [0.05, 0.1) is 24.3 Å². The molecule has 0 bridgehead atoms. The minimum atomic E-state index is -0.421. The number of amides is 1. The average molecular weight is 432 g/mol. The highest BCUT2D eigenvalue weighted by atomic mass is 16.5. The van der Waals surface area contributed by atoms with Crippen LogP contribution in [0.5, 0.6) is 5.75 Å². The van der Waals surface area contributed by atoms with Crippen molar-refractivity contribution in [1.29, 1.82) is 5.26 Å². The number of hydrogen-bond acceptors (Lipinski definition) is 7. The lowest BCUT2D eigenvalue weighted by Gasteiger charge is -2.14. The molecule has 1 aromatic heterocycles. The molecule has 0 spiro atoms. The molecule has 1 heterocycles. The van der Waals surface area contributed by atoms with Crippen LogP contribution in [0.4, 0.5) is 4.79 Å². The molecule has 32 heavy (non-hydrogen) atoms. The molecule has 1 N–H and O–H groups in total. The average Bonchev–Trinajstić information content (AvgIpc) is 3.41. The first-order valence-electron chi connectivity index (χ1n) is 10.6. The summed E-state index contributed by atoms with van der Waals surface area (Å²) >= 11 is 0. The molecule has 1 aliphatic rings. The highest BCUT2D eigenvalue weighted by Crippen LogP contribution is 2.37. The van der Waals surface area contributed by atoms with Gasteiger partial charge in [-0.1, -0.05) is 23.4 Å². The molecule has 4 rings (SSSR count). The van der Waals surface area contributed by atoms with Crippen molar-refractivity contribution >= 4 is 6.09 Å². The van der Waals surface area contributed by atoms with Crippen molar-refractivity contribution < 1.29 is 18.8 Å². The second kappa shape index (κ2) is 9.10. The van der Waals surface area contributed by atoms with Crippen molar-refractivity contribution in [3.05, 3.63) is 53.1 Å². The van der Waals surface area contributed by atoms with E-state index in [0.29, 0.717) is 35.2 Å². The van der Waals surface area contributed by atoms with E-state index in [4.69, 9.17) is 14.0 Å². The van der Waals surface area contributed by atoms with Crippen LogP contribution in [0.2, 0.25) is 0 Å². The number of nitrogens with zero attached hydrogens (tertiary/aromatic N) is 3. The van der Waals surface area contributed by atoms with E-state index in [1.807, 2.05) is 32.0 Å². The smallest absolute Gasteiger partial charge is 0.407 e. The van der Waals surface area contributed by atoms with Crippen molar-refractivity contribution in [2.45, 2.75) is 45.8 Å². The molecule has 2 aromatic carbocycles. The van der Waals surface area contributed by atoms with Gasteiger partial charge in [-0.25, -0.2) is 4.79 Å². The van der Waals surface area contributed by atoms with E-state index >= 15 is 0 Å². The van der Waals surface area contributed by atoms with Gasteiger partial charge in [-0.3, -0.25) is 0 Å². The maximum absolute atomic E-state index is 11.9. The summed E-state index contributed by atoms with van der Waals surface area (Å²) in [5.74, 6) is 1.31. The zero-order valence-electron chi connectivity index (χ0n) is 18.2. The standard InChI is InChI=1S/C24H24N4O4/c1-4-30-24(29)26-20-10-9-17-18(20)6-5-7-19(17)22-27-23(32-28-22)15-8-11-21(31-14(2)3)16(12-15)13-25/h5-8,11-12,14,20H,4,9-10H2,1-3H3,(H,26,29)/t20-/m0/s1. The molecule has 0 fully saturated rings. The molecule has 0 aliphatic heterocycles. The number of nitriles is 1. The summed E-state index contributed by atoms with van der Waals surface area (Å²) in [5, 5.41) is 16.6. The fraction of sp³-hybridized carbons (Fsp3) is 0.333. The van der Waals surface area contributed by atoms with Gasteiger partial charge in [-0.2, -0.15) is 10.2 Å². The molecule has 8 nitrogen and oxygen atoms in total. The van der Waals surface area contributed by atoms with E-state index in [1.165, 1.54) is 0 Å². The Morgan fingerprint density at radius 2 is 2.19 bits per heavy atom. The molecule has 0 unspecified atom stereocenters. The third kappa shape index (κ3) is 4.28. The molecule has 1 aliphatic carbocycles. The number of hydrogen-bond donors (Lipinski definition) is 1. The molecule has 164 valence electrons. The topological polar surface area (TPSA) is 110 Å². The monoisotopic (exact) mass is 432 g/mol. The van der Waals surface area contributed by atoms with Crippen molar-refractivity contribution in [3.8, 4) is 34.7 Å². The molecule has 0 saturated heterocycles. The van der Waals surface area contributed by atoms with Crippen molar-refractivity contribution in [2.75, 3.05) is 6.61 Å². The Kier molecular flexibility index (Phi) is 6.08. The Morgan fingerprint density at radius 1 is 1.34 bits per heavy atom. The lowest BCUT2D eigenvalue weighted by atomic mass is 10.0. The summed E-state index contributed by atoms with van der Waals surface area (Å²) in [7, 11) is 0.